The summed E-state index contributed by atoms with van der Waals surface area (Å²) >= 11 is 0. The second kappa shape index (κ2) is 5.84. The van der Waals surface area contributed by atoms with E-state index in [-0.39, 0.29) is 5.82 Å². The molecule has 0 aliphatic heterocycles. The van der Waals surface area contributed by atoms with Crippen LogP contribution in [-0.4, -0.2) is 21.5 Å². The number of aryl methyl sites for hydroxylation is 1. The van der Waals surface area contributed by atoms with Gasteiger partial charge in [0.25, 0.3) is 0 Å². The highest BCUT2D eigenvalue weighted by Crippen LogP contribution is 2.26. The van der Waals surface area contributed by atoms with Gasteiger partial charge in [0.05, 0.1) is 12.7 Å². The number of aliphatic hydroxyl groups is 1. The van der Waals surface area contributed by atoms with Gasteiger partial charge in [-0.05, 0) is 31.2 Å². The van der Waals surface area contributed by atoms with Crippen molar-refractivity contribution in [3.05, 3.63) is 47.5 Å². The Hall–Kier alpha value is -1.88. The molecule has 0 bridgehead atoms. The number of nitrogens with zero attached hydrogens (tertiary/aromatic N) is 2. The molecule has 0 fully saturated rings. The van der Waals surface area contributed by atoms with Crippen LogP contribution in [0.4, 0.5) is 4.39 Å². The zero-order valence-corrected chi connectivity index (χ0v) is 11.0. The maximum Gasteiger partial charge on any atom is 0.125 e. The van der Waals surface area contributed by atoms with Crippen LogP contribution in [0.2, 0.25) is 0 Å². The van der Waals surface area contributed by atoms with E-state index in [9.17, 15) is 9.50 Å². The minimum absolute atomic E-state index is 0.380. The predicted octanol–water partition coefficient (Wildman–Crippen LogP) is 2.23. The molecule has 2 aromatic rings. The van der Waals surface area contributed by atoms with Crippen molar-refractivity contribution >= 4 is 0 Å². The van der Waals surface area contributed by atoms with Crippen LogP contribution in [0, 0.1) is 5.82 Å². The smallest absolute Gasteiger partial charge is 0.125 e. The van der Waals surface area contributed by atoms with Crippen LogP contribution in [0.5, 0.6) is 5.75 Å². The summed E-state index contributed by atoms with van der Waals surface area (Å²) in [4.78, 5) is 0. The van der Waals surface area contributed by atoms with Crippen molar-refractivity contribution in [3.63, 3.8) is 0 Å². The van der Waals surface area contributed by atoms with Crippen molar-refractivity contribution in [1.29, 1.82) is 0 Å². The fraction of sp³-hybridized carbons (Fsp3) is 0.357. The minimum atomic E-state index is -0.762. The third-order valence-electron chi connectivity index (χ3n) is 2.96. The lowest BCUT2D eigenvalue weighted by Crippen LogP contribution is -2.08. The quantitative estimate of drug-likeness (QED) is 0.901. The first-order valence-electron chi connectivity index (χ1n) is 6.15. The van der Waals surface area contributed by atoms with Gasteiger partial charge in [-0.3, -0.25) is 4.68 Å². The summed E-state index contributed by atoms with van der Waals surface area (Å²) in [6.45, 7) is 2.04. The molecule has 0 aliphatic rings. The summed E-state index contributed by atoms with van der Waals surface area (Å²) in [5.74, 6) is 0.133. The van der Waals surface area contributed by atoms with E-state index in [1.54, 1.807) is 23.9 Å². The van der Waals surface area contributed by atoms with Gasteiger partial charge in [-0.2, -0.15) is 5.10 Å². The maximum absolute atomic E-state index is 13.1. The van der Waals surface area contributed by atoms with Gasteiger partial charge < -0.3 is 9.84 Å². The molecule has 0 spiro atoms. The Kier molecular flexibility index (Phi) is 4.16. The average Bonchev–Trinajstić information content (AvgIpc) is 2.77. The van der Waals surface area contributed by atoms with Crippen molar-refractivity contribution in [2.75, 3.05) is 6.61 Å². The summed E-state index contributed by atoms with van der Waals surface area (Å²) in [5.41, 5.74) is 1.52. The van der Waals surface area contributed by atoms with Gasteiger partial charge in [-0.25, -0.2) is 4.39 Å². The van der Waals surface area contributed by atoms with Gasteiger partial charge >= 0.3 is 0 Å². The summed E-state index contributed by atoms with van der Waals surface area (Å²) < 4.78 is 20.5. The van der Waals surface area contributed by atoms with Crippen molar-refractivity contribution < 1.29 is 14.2 Å². The number of halogens is 1. The summed E-state index contributed by atoms with van der Waals surface area (Å²) in [7, 11) is 1.87. The predicted molar refractivity (Wildman–Crippen MR) is 69.4 cm³/mol. The third-order valence-corrected chi connectivity index (χ3v) is 2.96. The monoisotopic (exact) mass is 264 g/mol. The molecule has 1 aromatic heterocycles. The fourth-order valence-corrected chi connectivity index (χ4v) is 1.89. The maximum atomic E-state index is 13.1. The van der Waals surface area contributed by atoms with E-state index in [0.717, 1.165) is 5.69 Å². The Morgan fingerprint density at radius 1 is 1.42 bits per heavy atom. The zero-order valence-electron chi connectivity index (χ0n) is 11.0. The minimum Gasteiger partial charge on any atom is -0.493 e. The second-order valence-electron chi connectivity index (χ2n) is 4.40. The van der Waals surface area contributed by atoms with Crippen LogP contribution >= 0.6 is 0 Å². The molecule has 0 aliphatic carbocycles. The Morgan fingerprint density at radius 3 is 2.84 bits per heavy atom. The first-order chi connectivity index (χ1) is 9.08. The van der Waals surface area contributed by atoms with Crippen LogP contribution in [0.3, 0.4) is 0 Å². The molecular weight excluding hydrogens is 247 g/mol. The standard InChI is InChI=1S/C14H17FN2O2/c1-10(18)13-9-11(15)3-4-14(13)19-8-6-12-5-7-16-17(12)2/h3-5,7,9-10,18H,6,8H2,1-2H3/t10-/m1/s1. The van der Waals surface area contributed by atoms with E-state index in [4.69, 9.17) is 4.74 Å². The summed E-state index contributed by atoms with van der Waals surface area (Å²) in [5, 5.41) is 13.7. The average molecular weight is 264 g/mol. The molecule has 1 atom stereocenters. The molecule has 5 heteroatoms. The number of aliphatic hydroxyl groups excluding tert-OH is 1. The van der Waals surface area contributed by atoms with Crippen molar-refractivity contribution in [2.24, 2.45) is 7.05 Å². The molecular formula is C14H17FN2O2. The van der Waals surface area contributed by atoms with E-state index in [1.807, 2.05) is 13.1 Å². The van der Waals surface area contributed by atoms with Crippen LogP contribution in [0.15, 0.2) is 30.5 Å². The molecule has 1 heterocycles. The molecule has 0 amide bonds. The molecule has 0 saturated carbocycles. The number of hydrogen-bond donors (Lipinski definition) is 1. The number of hydrogen-bond acceptors (Lipinski definition) is 3. The van der Waals surface area contributed by atoms with Crippen LogP contribution in [-0.2, 0) is 13.5 Å². The van der Waals surface area contributed by atoms with E-state index in [0.29, 0.717) is 24.3 Å². The second-order valence-corrected chi connectivity index (χ2v) is 4.40. The Balaban J connectivity index is 2.01. The fourth-order valence-electron chi connectivity index (χ4n) is 1.89. The Morgan fingerprint density at radius 2 is 2.21 bits per heavy atom. The highest BCUT2D eigenvalue weighted by atomic mass is 19.1. The Bertz CT molecular complexity index is 552. The Labute approximate surface area is 111 Å². The molecule has 0 radical (unpaired) electrons. The van der Waals surface area contributed by atoms with E-state index < -0.39 is 6.10 Å². The van der Waals surface area contributed by atoms with E-state index >= 15 is 0 Å². The van der Waals surface area contributed by atoms with Crippen LogP contribution < -0.4 is 4.74 Å². The number of ether oxygens (including phenoxy) is 1. The number of aromatic nitrogens is 2. The highest BCUT2D eigenvalue weighted by Gasteiger charge is 2.10. The summed E-state index contributed by atoms with van der Waals surface area (Å²) in [6.07, 6.45) is 1.67. The molecule has 1 aromatic carbocycles. The SMILES string of the molecule is C[C@@H](O)c1cc(F)ccc1OCCc1ccnn1C. The van der Waals surface area contributed by atoms with Gasteiger partial charge in [-0.1, -0.05) is 0 Å². The normalized spacial score (nSPS) is 12.4. The highest BCUT2D eigenvalue weighted by molar-refractivity contribution is 5.35. The van der Waals surface area contributed by atoms with Crippen molar-refractivity contribution in [1.82, 2.24) is 9.78 Å². The lowest BCUT2D eigenvalue weighted by molar-refractivity contribution is 0.190. The van der Waals surface area contributed by atoms with Gasteiger partial charge in [0, 0.05) is 30.9 Å². The zero-order chi connectivity index (χ0) is 13.8. The third kappa shape index (κ3) is 3.32. The number of benzene rings is 1. The first-order valence-corrected chi connectivity index (χ1v) is 6.15. The van der Waals surface area contributed by atoms with Gasteiger partial charge in [0.1, 0.15) is 11.6 Å². The molecule has 0 saturated heterocycles. The largest absolute Gasteiger partial charge is 0.493 e. The molecule has 4 nitrogen and oxygen atoms in total. The van der Waals surface area contributed by atoms with Gasteiger partial charge in [-0.15, -0.1) is 0 Å². The molecule has 2 rings (SSSR count). The van der Waals surface area contributed by atoms with Gasteiger partial charge in [0.15, 0.2) is 0 Å². The topological polar surface area (TPSA) is 47.3 Å². The van der Waals surface area contributed by atoms with E-state index in [1.165, 1.54) is 12.1 Å². The first kappa shape index (κ1) is 13.5. The molecule has 19 heavy (non-hydrogen) atoms. The van der Waals surface area contributed by atoms with Crippen molar-refractivity contribution in [2.45, 2.75) is 19.4 Å². The molecule has 1 N–H and O–H groups in total. The molecule has 102 valence electrons. The molecule has 0 unspecified atom stereocenters. The van der Waals surface area contributed by atoms with E-state index in [2.05, 4.69) is 5.10 Å². The number of rotatable bonds is 5. The summed E-state index contributed by atoms with van der Waals surface area (Å²) in [6, 6.07) is 6.08. The lowest BCUT2D eigenvalue weighted by Gasteiger charge is -2.13. The van der Waals surface area contributed by atoms with Crippen LogP contribution in [0.1, 0.15) is 24.3 Å². The van der Waals surface area contributed by atoms with Gasteiger partial charge in [0.2, 0.25) is 0 Å². The lowest BCUT2D eigenvalue weighted by atomic mass is 10.1. The van der Waals surface area contributed by atoms with Crippen LogP contribution in [0.25, 0.3) is 0 Å². The van der Waals surface area contributed by atoms with Crippen molar-refractivity contribution in [3.8, 4) is 5.75 Å².